The monoisotopic (exact) mass is 316 g/mol. The van der Waals surface area contributed by atoms with Gasteiger partial charge in [0.05, 0.1) is 11.5 Å². The van der Waals surface area contributed by atoms with Gasteiger partial charge in [0.15, 0.2) is 0 Å². The zero-order valence-electron chi connectivity index (χ0n) is 11.1. The molecule has 0 aromatic heterocycles. The highest BCUT2D eigenvalue weighted by molar-refractivity contribution is 7.90. The van der Waals surface area contributed by atoms with Gasteiger partial charge in [-0.2, -0.15) is 0 Å². The Bertz CT molecular complexity index is 497. The molecule has 0 fully saturated rings. The molecule has 3 N–H and O–H groups in total. The highest BCUT2D eigenvalue weighted by atomic mass is 32.2. The van der Waals surface area contributed by atoms with Crippen molar-refractivity contribution in [2.75, 3.05) is 18.1 Å². The molecule has 1 atom stereocenters. The number of carbonyl (C=O) groups is 1. The molecule has 0 rings (SSSR count). The fourth-order valence-electron chi connectivity index (χ4n) is 1.16. The molecular formula is C9H20N2O6S2. The Morgan fingerprint density at radius 3 is 2.05 bits per heavy atom. The second kappa shape index (κ2) is 7.17. The number of nitrogens with one attached hydrogen (secondary N) is 2. The van der Waals surface area contributed by atoms with Gasteiger partial charge in [-0.1, -0.05) is 13.8 Å². The molecule has 0 aliphatic carbocycles. The van der Waals surface area contributed by atoms with Gasteiger partial charge in [0.1, 0.15) is 6.04 Å². The number of rotatable bonds is 9. The van der Waals surface area contributed by atoms with E-state index in [2.05, 4.69) is 4.72 Å². The van der Waals surface area contributed by atoms with E-state index in [1.165, 1.54) is 6.92 Å². The van der Waals surface area contributed by atoms with E-state index in [1.807, 2.05) is 4.72 Å². The minimum atomic E-state index is -3.86. The van der Waals surface area contributed by atoms with Crippen LogP contribution in [0.2, 0.25) is 0 Å². The number of carboxylic acid groups (broad SMARTS) is 1. The molecule has 8 nitrogen and oxygen atoms in total. The van der Waals surface area contributed by atoms with E-state index in [0.29, 0.717) is 0 Å². The molecule has 0 aromatic rings. The summed E-state index contributed by atoms with van der Waals surface area (Å²) in [6, 6.07) is -1.23. The van der Waals surface area contributed by atoms with Crippen LogP contribution in [-0.4, -0.2) is 52.0 Å². The van der Waals surface area contributed by atoms with Crippen LogP contribution in [0.15, 0.2) is 0 Å². The third kappa shape index (κ3) is 7.45. The van der Waals surface area contributed by atoms with Crippen molar-refractivity contribution >= 4 is 26.0 Å². The summed E-state index contributed by atoms with van der Waals surface area (Å²) in [6.45, 7) is 4.27. The summed E-state index contributed by atoms with van der Waals surface area (Å²) in [6.07, 6.45) is 0. The Morgan fingerprint density at radius 2 is 1.68 bits per heavy atom. The van der Waals surface area contributed by atoms with Gasteiger partial charge in [0.25, 0.3) is 0 Å². The maximum atomic E-state index is 11.6. The molecule has 0 radical (unpaired) electrons. The lowest BCUT2D eigenvalue weighted by molar-refractivity contribution is -0.140. The summed E-state index contributed by atoms with van der Waals surface area (Å²) >= 11 is 0. The molecule has 0 heterocycles. The van der Waals surface area contributed by atoms with Crippen molar-refractivity contribution in [3.05, 3.63) is 0 Å². The van der Waals surface area contributed by atoms with E-state index in [0.717, 1.165) is 0 Å². The van der Waals surface area contributed by atoms with Gasteiger partial charge in [0, 0.05) is 6.54 Å². The summed E-state index contributed by atoms with van der Waals surface area (Å²) in [4.78, 5) is 10.9. The molecule has 0 bridgehead atoms. The minimum Gasteiger partial charge on any atom is -0.480 e. The van der Waals surface area contributed by atoms with Crippen molar-refractivity contribution in [1.29, 1.82) is 0 Å². The molecule has 0 saturated heterocycles. The van der Waals surface area contributed by atoms with E-state index in [1.54, 1.807) is 13.8 Å². The fraction of sp³-hybridized carbons (Fsp3) is 0.889. The number of carboxylic acids is 1. The smallest absolute Gasteiger partial charge is 0.321 e. The van der Waals surface area contributed by atoms with Crippen LogP contribution in [0.1, 0.15) is 20.8 Å². The average Bonchev–Trinajstić information content (AvgIpc) is 2.24. The maximum Gasteiger partial charge on any atom is 0.321 e. The third-order valence-corrected chi connectivity index (χ3v) is 5.07. The van der Waals surface area contributed by atoms with E-state index in [4.69, 9.17) is 5.11 Å². The Kier molecular flexibility index (Phi) is 6.91. The van der Waals surface area contributed by atoms with Crippen molar-refractivity contribution in [2.45, 2.75) is 26.8 Å². The Balaban J connectivity index is 4.53. The number of aliphatic carboxylic acids is 1. The Labute approximate surface area is 113 Å². The zero-order chi connectivity index (χ0) is 15.3. The summed E-state index contributed by atoms with van der Waals surface area (Å²) in [5.74, 6) is -2.35. The highest BCUT2D eigenvalue weighted by Crippen LogP contribution is 2.03. The standard InChI is InChI=1S/C9H20N2O6S2/c1-4-18(14,15)10-5-6-19(16,17)11-8(7(2)3)9(12)13/h7-8,10-11H,4-6H2,1-3H3,(H,12,13)/t8-/m1/s1. The van der Waals surface area contributed by atoms with Crippen molar-refractivity contribution in [1.82, 2.24) is 9.44 Å². The highest BCUT2D eigenvalue weighted by Gasteiger charge is 2.26. The van der Waals surface area contributed by atoms with E-state index in [9.17, 15) is 21.6 Å². The van der Waals surface area contributed by atoms with Crippen molar-refractivity contribution in [3.63, 3.8) is 0 Å². The van der Waals surface area contributed by atoms with Gasteiger partial charge in [-0.25, -0.2) is 26.3 Å². The van der Waals surface area contributed by atoms with Gasteiger partial charge in [-0.15, -0.1) is 0 Å². The topological polar surface area (TPSA) is 130 Å². The van der Waals surface area contributed by atoms with Gasteiger partial charge in [0.2, 0.25) is 20.0 Å². The van der Waals surface area contributed by atoms with Gasteiger partial charge >= 0.3 is 5.97 Å². The Morgan fingerprint density at radius 1 is 1.16 bits per heavy atom. The first-order chi connectivity index (χ1) is 8.51. The lowest BCUT2D eigenvalue weighted by Crippen LogP contribution is -2.46. The predicted octanol–water partition coefficient (Wildman–Crippen LogP) is -1.05. The molecular weight excluding hydrogens is 296 g/mol. The van der Waals surface area contributed by atoms with Crippen molar-refractivity contribution < 1.29 is 26.7 Å². The van der Waals surface area contributed by atoms with Crippen molar-refractivity contribution in [3.8, 4) is 0 Å². The third-order valence-electron chi connectivity index (χ3n) is 2.31. The SMILES string of the molecule is CCS(=O)(=O)NCCS(=O)(=O)N[C@@H](C(=O)O)C(C)C. The van der Waals surface area contributed by atoms with Crippen LogP contribution >= 0.6 is 0 Å². The average molecular weight is 316 g/mol. The zero-order valence-corrected chi connectivity index (χ0v) is 12.7. The van der Waals surface area contributed by atoms with Crippen LogP contribution in [0.5, 0.6) is 0 Å². The molecule has 10 heteroatoms. The first kappa shape index (κ1) is 18.3. The second-order valence-electron chi connectivity index (χ2n) is 4.29. The first-order valence-corrected chi connectivity index (χ1v) is 9.01. The molecule has 0 aromatic carbocycles. The number of hydrogen-bond acceptors (Lipinski definition) is 5. The largest absolute Gasteiger partial charge is 0.480 e. The first-order valence-electron chi connectivity index (χ1n) is 5.71. The van der Waals surface area contributed by atoms with Crippen molar-refractivity contribution in [2.24, 2.45) is 5.92 Å². The fourth-order valence-corrected chi connectivity index (χ4v) is 3.15. The number of sulfonamides is 2. The Hall–Kier alpha value is -0.710. The van der Waals surface area contributed by atoms with Crippen LogP contribution in [0, 0.1) is 5.92 Å². The van der Waals surface area contributed by atoms with Gasteiger partial charge < -0.3 is 5.11 Å². The molecule has 0 spiro atoms. The van der Waals surface area contributed by atoms with E-state index < -0.39 is 43.7 Å². The van der Waals surface area contributed by atoms with Crippen LogP contribution < -0.4 is 9.44 Å². The van der Waals surface area contributed by atoms with Crippen LogP contribution in [-0.2, 0) is 24.8 Å². The van der Waals surface area contributed by atoms with Crippen LogP contribution in [0.3, 0.4) is 0 Å². The second-order valence-corrected chi connectivity index (χ2v) is 8.26. The number of hydrogen-bond donors (Lipinski definition) is 3. The molecule has 19 heavy (non-hydrogen) atoms. The summed E-state index contributed by atoms with van der Waals surface area (Å²) in [7, 11) is -7.32. The lowest BCUT2D eigenvalue weighted by Gasteiger charge is -2.17. The van der Waals surface area contributed by atoms with Gasteiger partial charge in [-0.3, -0.25) is 4.79 Å². The molecule has 0 unspecified atom stereocenters. The predicted molar refractivity (Wildman–Crippen MR) is 70.6 cm³/mol. The van der Waals surface area contributed by atoms with Gasteiger partial charge in [-0.05, 0) is 12.8 Å². The summed E-state index contributed by atoms with van der Waals surface area (Å²) in [5.41, 5.74) is 0. The quantitative estimate of drug-likeness (QED) is 0.498. The maximum absolute atomic E-state index is 11.6. The van der Waals surface area contributed by atoms with E-state index >= 15 is 0 Å². The molecule has 114 valence electrons. The van der Waals surface area contributed by atoms with Crippen LogP contribution in [0.4, 0.5) is 0 Å². The normalized spacial score (nSPS) is 14.5. The molecule has 0 aliphatic heterocycles. The molecule has 0 aliphatic rings. The minimum absolute atomic E-state index is 0.149. The lowest BCUT2D eigenvalue weighted by atomic mass is 10.1. The van der Waals surface area contributed by atoms with Crippen LogP contribution in [0.25, 0.3) is 0 Å². The molecule has 0 amide bonds. The molecule has 0 saturated carbocycles. The summed E-state index contributed by atoms with van der Waals surface area (Å²) < 4.78 is 49.6. The summed E-state index contributed by atoms with van der Waals surface area (Å²) in [5, 5.41) is 8.86. The van der Waals surface area contributed by atoms with E-state index in [-0.39, 0.29) is 12.3 Å².